The van der Waals surface area contributed by atoms with E-state index in [1.807, 2.05) is 0 Å². The summed E-state index contributed by atoms with van der Waals surface area (Å²) in [5, 5.41) is 0. The van der Waals surface area contributed by atoms with Crippen LogP contribution in [0.1, 0.15) is 4.28 Å². The van der Waals surface area contributed by atoms with Gasteiger partial charge in [-0.15, -0.1) is 0 Å². The monoisotopic (exact) mass is 260 g/mol. The molecule has 0 aliphatic heterocycles. The molecule has 0 bridgehead atoms. The van der Waals surface area contributed by atoms with Crippen molar-refractivity contribution in [2.24, 2.45) is 0 Å². The quantitative estimate of drug-likeness (QED) is 0.225. The number of rotatable bonds is 3. The van der Waals surface area contributed by atoms with Gasteiger partial charge in [-0.2, -0.15) is 16.8 Å². The van der Waals surface area contributed by atoms with Crippen LogP contribution in [0, 0.1) is 0 Å². The molecule has 68 valence electrons. The Balaban J connectivity index is -0.0000000405. The topological polar surface area (TPSA) is 127 Å². The summed E-state index contributed by atoms with van der Waals surface area (Å²) in [5.74, 6) is 0. The van der Waals surface area contributed by atoms with Crippen LogP contribution in [0.3, 0.4) is 0 Å². The molecule has 0 fully saturated rings. The maximum absolute atomic E-state index is 9.51. The zero-order chi connectivity index (χ0) is 8.41. The van der Waals surface area contributed by atoms with E-state index in [1.54, 1.807) is 0 Å². The summed E-state index contributed by atoms with van der Waals surface area (Å²) in [4.78, 5) is 0. The summed E-state index contributed by atoms with van der Waals surface area (Å²) in [6.45, 7) is 0. The van der Waals surface area contributed by atoms with Crippen LogP contribution in [0.4, 0.5) is 0 Å². The average molecular weight is 260 g/mol. The molecule has 0 aromatic rings. The smallest absolute Gasteiger partial charge is 1.00 e. The predicted octanol–water partition coefficient (Wildman–Crippen LogP) is -4.50. The Morgan fingerprint density at radius 1 is 0.917 bits per heavy atom. The van der Waals surface area contributed by atoms with Crippen molar-refractivity contribution in [3.8, 4) is 0 Å². The van der Waals surface area contributed by atoms with Crippen molar-refractivity contribution in [2.45, 2.75) is 0 Å². The van der Waals surface area contributed by atoms with Crippen LogP contribution in [0.2, 0.25) is 0 Å². The zero-order valence-corrected chi connectivity index (χ0v) is 11.7. The first-order chi connectivity index (χ1) is 4.21. The van der Waals surface area contributed by atoms with Gasteiger partial charge in [0.1, 0.15) is 0 Å². The molecule has 0 spiro atoms. The molecule has 0 aliphatic rings. The van der Waals surface area contributed by atoms with Crippen LogP contribution in [0.15, 0.2) is 0 Å². The first-order valence-electron chi connectivity index (χ1n) is 1.53. The third-order valence-corrected chi connectivity index (χ3v) is 0.766. The Kier molecular flexibility index (Phi) is 11.9. The summed E-state index contributed by atoms with van der Waals surface area (Å²) in [6.07, 6.45) is 0. The van der Waals surface area contributed by atoms with E-state index in [4.69, 9.17) is 9.11 Å². The van der Waals surface area contributed by atoms with Gasteiger partial charge in [-0.3, -0.25) is 9.11 Å². The standard InChI is InChI=1S/Ca.Na.H2O8S2.3H/c;;1-9(2,3)7-8-10(4,5)6;;;/h;;(H,1,2,3)(H,4,5,6);;;/q+2;+1;;3*-1. The van der Waals surface area contributed by atoms with E-state index in [0.717, 1.165) is 0 Å². The molecule has 0 atom stereocenters. The van der Waals surface area contributed by atoms with Crippen LogP contribution in [0.25, 0.3) is 0 Å². The van der Waals surface area contributed by atoms with Crippen LogP contribution in [0.5, 0.6) is 0 Å². The second-order valence-corrected chi connectivity index (χ2v) is 2.97. The SMILES string of the molecule is O=S(=O)(O)OOS(=O)(=O)O.[Ca+2].[H-].[H-].[H-].[Na+]. The molecule has 0 saturated heterocycles. The Labute approximate surface area is 125 Å². The fraction of sp³-hybridized carbons (Fsp3) is 0. The molecule has 0 rings (SSSR count). The molecule has 0 unspecified atom stereocenters. The van der Waals surface area contributed by atoms with Crippen molar-refractivity contribution < 1.29 is 68.4 Å². The van der Waals surface area contributed by atoms with Gasteiger partial charge in [0.2, 0.25) is 0 Å². The first-order valence-corrected chi connectivity index (χ1v) is 4.26. The first kappa shape index (κ1) is 19.6. The van der Waals surface area contributed by atoms with E-state index in [-0.39, 0.29) is 71.6 Å². The fourth-order valence-electron chi connectivity index (χ4n) is 0.0702. The number of hydrogen-bond donors (Lipinski definition) is 2. The Bertz CT molecular complexity index is 264. The van der Waals surface area contributed by atoms with E-state index < -0.39 is 20.8 Å². The second-order valence-electron chi connectivity index (χ2n) is 0.992. The van der Waals surface area contributed by atoms with Gasteiger partial charge in [0.05, 0.1) is 0 Å². The summed E-state index contributed by atoms with van der Waals surface area (Å²) in [7, 11) is -10.0. The molecule has 12 heteroatoms. The number of hydrogen-bond acceptors (Lipinski definition) is 6. The molecule has 12 heavy (non-hydrogen) atoms. The van der Waals surface area contributed by atoms with Crippen molar-refractivity contribution in [1.29, 1.82) is 0 Å². The third-order valence-electron chi connectivity index (χ3n) is 0.200. The van der Waals surface area contributed by atoms with Crippen LogP contribution in [-0.2, 0) is 29.5 Å². The van der Waals surface area contributed by atoms with Gasteiger partial charge in [0.25, 0.3) is 0 Å². The Morgan fingerprint density at radius 2 is 1.08 bits per heavy atom. The van der Waals surface area contributed by atoms with E-state index in [1.165, 1.54) is 0 Å². The van der Waals surface area contributed by atoms with E-state index in [9.17, 15) is 16.8 Å². The normalized spacial score (nSPS) is 11.2. The van der Waals surface area contributed by atoms with E-state index in [2.05, 4.69) is 8.67 Å². The molecule has 0 aromatic carbocycles. The summed E-state index contributed by atoms with van der Waals surface area (Å²) in [5.41, 5.74) is 0. The molecular weight excluding hydrogens is 255 g/mol. The predicted molar refractivity (Wildman–Crippen MR) is 34.4 cm³/mol. The Morgan fingerprint density at radius 3 is 1.17 bits per heavy atom. The maximum atomic E-state index is 9.51. The van der Waals surface area contributed by atoms with Gasteiger partial charge in [0, 0.05) is 0 Å². The van der Waals surface area contributed by atoms with Crippen molar-refractivity contribution >= 4 is 58.5 Å². The van der Waals surface area contributed by atoms with Crippen LogP contribution in [-0.4, -0.2) is 63.7 Å². The zero-order valence-electron chi connectivity index (χ0n) is 8.87. The molecule has 0 heterocycles. The van der Waals surface area contributed by atoms with Crippen LogP contribution >= 0.6 is 0 Å². The molecule has 0 aromatic heterocycles. The maximum Gasteiger partial charge on any atom is 2.00 e. The van der Waals surface area contributed by atoms with Crippen molar-refractivity contribution in [3.63, 3.8) is 0 Å². The minimum Gasteiger partial charge on any atom is -1.00 e. The fourth-order valence-corrected chi connectivity index (χ4v) is 0.632. The van der Waals surface area contributed by atoms with E-state index in [0.29, 0.717) is 0 Å². The average Bonchev–Trinajstić information content (AvgIpc) is 1.57. The molecule has 2 N–H and O–H groups in total. The van der Waals surface area contributed by atoms with Crippen LogP contribution < -0.4 is 29.6 Å². The Hall–Kier alpha value is 2.00. The van der Waals surface area contributed by atoms with Crippen molar-refractivity contribution in [3.05, 3.63) is 0 Å². The van der Waals surface area contributed by atoms with E-state index >= 15 is 0 Å². The molecule has 0 aliphatic carbocycles. The molecule has 0 radical (unpaired) electrons. The van der Waals surface area contributed by atoms with Crippen molar-refractivity contribution in [1.82, 2.24) is 0 Å². The van der Waals surface area contributed by atoms with Gasteiger partial charge in [-0.1, -0.05) is 8.67 Å². The summed E-state index contributed by atoms with van der Waals surface area (Å²) < 4.78 is 58.9. The van der Waals surface area contributed by atoms with Gasteiger partial charge >= 0.3 is 88.1 Å². The van der Waals surface area contributed by atoms with Gasteiger partial charge < -0.3 is 4.28 Å². The largest absolute Gasteiger partial charge is 2.00 e. The van der Waals surface area contributed by atoms with Gasteiger partial charge in [-0.05, 0) is 0 Å². The summed E-state index contributed by atoms with van der Waals surface area (Å²) in [6, 6.07) is 0. The third kappa shape index (κ3) is 17.9. The molecule has 0 amide bonds. The summed E-state index contributed by atoms with van der Waals surface area (Å²) >= 11 is 0. The minimum atomic E-state index is -5.02. The van der Waals surface area contributed by atoms with Gasteiger partial charge in [-0.25, -0.2) is 0 Å². The minimum absolute atomic E-state index is 0. The molecule has 8 nitrogen and oxygen atoms in total. The molecular formula is H5CaNaO8S2. The van der Waals surface area contributed by atoms with Gasteiger partial charge in [0.15, 0.2) is 0 Å². The second kappa shape index (κ2) is 7.31. The molecule has 0 saturated carbocycles. The van der Waals surface area contributed by atoms with Crippen molar-refractivity contribution in [2.75, 3.05) is 0 Å².